The molecule has 108 valence electrons. The topological polar surface area (TPSA) is 68.8 Å². The summed E-state index contributed by atoms with van der Waals surface area (Å²) in [5, 5.41) is 10.5. The first-order chi connectivity index (χ1) is 9.41. The van der Waals surface area contributed by atoms with Crippen LogP contribution in [0.4, 0.5) is 24.5 Å². The van der Waals surface area contributed by atoms with Crippen LogP contribution in [0.3, 0.4) is 0 Å². The Morgan fingerprint density at radius 2 is 2.10 bits per heavy atom. The largest absolute Gasteiger partial charge is 0.418 e. The monoisotopic (exact) mass is 285 g/mol. The van der Waals surface area contributed by atoms with Crippen LogP contribution in [0.5, 0.6) is 0 Å². The maximum absolute atomic E-state index is 12.7. The molecule has 2 aromatic rings. The summed E-state index contributed by atoms with van der Waals surface area (Å²) in [7, 11) is 0. The zero-order valence-corrected chi connectivity index (χ0v) is 10.8. The van der Waals surface area contributed by atoms with E-state index in [0.29, 0.717) is 18.1 Å². The van der Waals surface area contributed by atoms with Crippen molar-refractivity contribution in [2.75, 3.05) is 11.1 Å². The number of aryl methyl sites for hydroxylation is 1. The van der Waals surface area contributed by atoms with Crippen LogP contribution in [0.15, 0.2) is 24.5 Å². The van der Waals surface area contributed by atoms with Crippen molar-refractivity contribution in [2.45, 2.75) is 26.2 Å². The number of nitrogens with one attached hydrogen (secondary N) is 1. The SMILES string of the molecule is CCn1cnnc1CNc1ccc(N)c(C(F)(F)F)c1. The molecule has 5 nitrogen and oxygen atoms in total. The third kappa shape index (κ3) is 3.01. The summed E-state index contributed by atoms with van der Waals surface area (Å²) in [6.45, 7) is 2.91. The molecule has 0 fully saturated rings. The van der Waals surface area contributed by atoms with Gasteiger partial charge in [0, 0.05) is 17.9 Å². The smallest absolute Gasteiger partial charge is 0.398 e. The van der Waals surface area contributed by atoms with Gasteiger partial charge in [-0.3, -0.25) is 0 Å². The highest BCUT2D eigenvalue weighted by molar-refractivity contribution is 5.58. The van der Waals surface area contributed by atoms with Crippen LogP contribution in [-0.4, -0.2) is 14.8 Å². The third-order valence-electron chi connectivity index (χ3n) is 2.85. The van der Waals surface area contributed by atoms with Gasteiger partial charge in [0.1, 0.15) is 6.33 Å². The van der Waals surface area contributed by atoms with Gasteiger partial charge in [-0.05, 0) is 25.1 Å². The van der Waals surface area contributed by atoms with Gasteiger partial charge in [0.05, 0.1) is 12.1 Å². The second kappa shape index (κ2) is 5.40. The summed E-state index contributed by atoms with van der Waals surface area (Å²) in [5.41, 5.74) is 4.53. The van der Waals surface area contributed by atoms with Gasteiger partial charge < -0.3 is 15.6 Å². The van der Waals surface area contributed by atoms with E-state index in [1.54, 1.807) is 10.9 Å². The average molecular weight is 285 g/mol. The van der Waals surface area contributed by atoms with Crippen molar-refractivity contribution in [3.63, 3.8) is 0 Å². The van der Waals surface area contributed by atoms with E-state index in [9.17, 15) is 13.2 Å². The molecule has 0 spiro atoms. The summed E-state index contributed by atoms with van der Waals surface area (Å²) in [4.78, 5) is 0. The van der Waals surface area contributed by atoms with Crippen molar-refractivity contribution < 1.29 is 13.2 Å². The van der Waals surface area contributed by atoms with Gasteiger partial charge in [-0.1, -0.05) is 0 Å². The van der Waals surface area contributed by atoms with Crippen LogP contribution in [0.25, 0.3) is 0 Å². The molecule has 0 bridgehead atoms. The molecule has 0 saturated heterocycles. The Kier molecular flexibility index (Phi) is 3.82. The number of benzene rings is 1. The second-order valence-corrected chi connectivity index (χ2v) is 4.19. The van der Waals surface area contributed by atoms with E-state index >= 15 is 0 Å². The highest BCUT2D eigenvalue weighted by Crippen LogP contribution is 2.35. The Balaban J connectivity index is 2.15. The lowest BCUT2D eigenvalue weighted by Crippen LogP contribution is -2.11. The quantitative estimate of drug-likeness (QED) is 0.847. The third-order valence-corrected chi connectivity index (χ3v) is 2.85. The molecule has 0 saturated carbocycles. The van der Waals surface area contributed by atoms with Gasteiger partial charge in [-0.25, -0.2) is 0 Å². The predicted octanol–water partition coefficient (Wildman–Crippen LogP) is 2.51. The van der Waals surface area contributed by atoms with E-state index in [2.05, 4.69) is 15.5 Å². The molecule has 0 atom stereocenters. The van der Waals surface area contributed by atoms with Crippen molar-refractivity contribution in [1.29, 1.82) is 0 Å². The number of nitrogen functional groups attached to an aromatic ring is 1. The normalized spacial score (nSPS) is 11.6. The summed E-state index contributed by atoms with van der Waals surface area (Å²) in [5.74, 6) is 0.651. The molecular formula is C12H14F3N5. The molecule has 1 aromatic carbocycles. The number of anilines is 2. The van der Waals surface area contributed by atoms with Crippen LogP contribution in [0.1, 0.15) is 18.3 Å². The fourth-order valence-corrected chi connectivity index (χ4v) is 1.77. The van der Waals surface area contributed by atoms with E-state index in [1.165, 1.54) is 12.1 Å². The van der Waals surface area contributed by atoms with Crippen LogP contribution >= 0.6 is 0 Å². The van der Waals surface area contributed by atoms with E-state index in [1.807, 2.05) is 6.92 Å². The van der Waals surface area contributed by atoms with Gasteiger partial charge >= 0.3 is 6.18 Å². The number of nitrogens with zero attached hydrogens (tertiary/aromatic N) is 3. The molecule has 0 aliphatic rings. The van der Waals surface area contributed by atoms with Crippen molar-refractivity contribution in [1.82, 2.24) is 14.8 Å². The molecule has 0 radical (unpaired) electrons. The van der Waals surface area contributed by atoms with Gasteiger partial charge in [0.2, 0.25) is 0 Å². The fraction of sp³-hybridized carbons (Fsp3) is 0.333. The van der Waals surface area contributed by atoms with E-state index in [0.717, 1.165) is 6.07 Å². The number of hydrogen-bond donors (Lipinski definition) is 2. The van der Waals surface area contributed by atoms with Gasteiger partial charge in [0.15, 0.2) is 5.82 Å². The Labute approximate surface area is 113 Å². The molecule has 1 aromatic heterocycles. The molecule has 0 unspecified atom stereocenters. The van der Waals surface area contributed by atoms with Crippen LogP contribution < -0.4 is 11.1 Å². The van der Waals surface area contributed by atoms with Gasteiger partial charge in [-0.2, -0.15) is 13.2 Å². The minimum atomic E-state index is -4.47. The van der Waals surface area contributed by atoms with Gasteiger partial charge in [-0.15, -0.1) is 10.2 Å². The first-order valence-corrected chi connectivity index (χ1v) is 5.99. The fourth-order valence-electron chi connectivity index (χ4n) is 1.77. The first kappa shape index (κ1) is 14.2. The number of alkyl halides is 3. The molecule has 0 aliphatic carbocycles. The molecule has 20 heavy (non-hydrogen) atoms. The zero-order chi connectivity index (χ0) is 14.8. The lowest BCUT2D eigenvalue weighted by Gasteiger charge is -2.13. The van der Waals surface area contributed by atoms with E-state index in [-0.39, 0.29) is 12.2 Å². The number of rotatable bonds is 4. The molecule has 3 N–H and O–H groups in total. The highest BCUT2D eigenvalue weighted by Gasteiger charge is 2.33. The van der Waals surface area contributed by atoms with Crippen LogP contribution in [0.2, 0.25) is 0 Å². The maximum Gasteiger partial charge on any atom is 0.418 e. The Hall–Kier alpha value is -2.25. The Morgan fingerprint density at radius 3 is 2.75 bits per heavy atom. The molecule has 8 heteroatoms. The summed E-state index contributed by atoms with van der Waals surface area (Å²) in [6.07, 6.45) is -2.90. The van der Waals surface area contributed by atoms with E-state index in [4.69, 9.17) is 5.73 Å². The molecule has 2 rings (SSSR count). The highest BCUT2D eigenvalue weighted by atomic mass is 19.4. The zero-order valence-electron chi connectivity index (χ0n) is 10.8. The molecule has 0 aliphatic heterocycles. The van der Waals surface area contributed by atoms with Gasteiger partial charge in [0.25, 0.3) is 0 Å². The van der Waals surface area contributed by atoms with Crippen LogP contribution in [0, 0.1) is 0 Å². The minimum absolute atomic E-state index is 0.287. The first-order valence-electron chi connectivity index (χ1n) is 5.99. The molecule has 1 heterocycles. The summed E-state index contributed by atoms with van der Waals surface area (Å²) >= 11 is 0. The van der Waals surface area contributed by atoms with Crippen molar-refractivity contribution in [2.24, 2.45) is 0 Å². The number of aromatic nitrogens is 3. The summed E-state index contributed by atoms with van der Waals surface area (Å²) < 4.78 is 40.0. The lowest BCUT2D eigenvalue weighted by molar-refractivity contribution is -0.136. The predicted molar refractivity (Wildman–Crippen MR) is 68.9 cm³/mol. The summed E-state index contributed by atoms with van der Waals surface area (Å²) in [6, 6.07) is 3.72. The Bertz CT molecular complexity index is 591. The van der Waals surface area contributed by atoms with Crippen molar-refractivity contribution in [3.05, 3.63) is 35.9 Å². The second-order valence-electron chi connectivity index (χ2n) is 4.19. The molecular weight excluding hydrogens is 271 g/mol. The Morgan fingerprint density at radius 1 is 1.35 bits per heavy atom. The maximum atomic E-state index is 12.7. The lowest BCUT2D eigenvalue weighted by atomic mass is 10.1. The van der Waals surface area contributed by atoms with E-state index < -0.39 is 11.7 Å². The van der Waals surface area contributed by atoms with Crippen LogP contribution in [-0.2, 0) is 19.3 Å². The minimum Gasteiger partial charge on any atom is -0.398 e. The molecule has 0 amide bonds. The van der Waals surface area contributed by atoms with Crippen molar-refractivity contribution in [3.8, 4) is 0 Å². The van der Waals surface area contributed by atoms with Crippen molar-refractivity contribution >= 4 is 11.4 Å². The number of halogens is 3. The average Bonchev–Trinajstić information content (AvgIpc) is 2.84. The standard InChI is InChI=1S/C12H14F3N5/c1-2-20-7-18-19-11(20)6-17-8-3-4-10(16)9(5-8)12(13,14)15/h3-5,7,17H,2,6,16H2,1H3. The number of hydrogen-bond acceptors (Lipinski definition) is 4. The number of nitrogens with two attached hydrogens (primary N) is 1.